The van der Waals surface area contributed by atoms with E-state index in [1.807, 2.05) is 26.0 Å². The molecule has 6 nitrogen and oxygen atoms in total. The van der Waals surface area contributed by atoms with Crippen molar-refractivity contribution in [3.8, 4) is 0 Å². The van der Waals surface area contributed by atoms with Crippen molar-refractivity contribution >= 4 is 23.4 Å². The zero-order chi connectivity index (χ0) is 20.0. The molecule has 0 unspecified atom stereocenters. The minimum absolute atomic E-state index is 0.128. The van der Waals surface area contributed by atoms with Gasteiger partial charge in [0.05, 0.1) is 17.5 Å². The van der Waals surface area contributed by atoms with Crippen molar-refractivity contribution in [1.29, 1.82) is 0 Å². The highest BCUT2D eigenvalue weighted by atomic mass is 16.2. The molecular weight excluding hydrogens is 354 g/mol. The SMILES string of the molecule is Cc1ccc(C)n1NC(=O)c1cccc(N2C(=O)[C@@H]3CC[C@H](C)C[C@H]3C2=O)c1. The van der Waals surface area contributed by atoms with Crippen LogP contribution in [0.5, 0.6) is 0 Å². The fourth-order valence-corrected chi connectivity index (χ4v) is 4.44. The largest absolute Gasteiger partial charge is 0.274 e. The zero-order valence-corrected chi connectivity index (χ0v) is 16.4. The van der Waals surface area contributed by atoms with Crippen molar-refractivity contribution < 1.29 is 14.4 Å². The maximum atomic E-state index is 12.9. The van der Waals surface area contributed by atoms with E-state index in [2.05, 4.69) is 12.3 Å². The maximum Gasteiger partial charge on any atom is 0.270 e. The molecule has 1 aliphatic heterocycles. The minimum Gasteiger partial charge on any atom is -0.274 e. The summed E-state index contributed by atoms with van der Waals surface area (Å²) in [6.45, 7) is 5.95. The number of hydrogen-bond acceptors (Lipinski definition) is 3. The van der Waals surface area contributed by atoms with Gasteiger partial charge >= 0.3 is 0 Å². The smallest absolute Gasteiger partial charge is 0.270 e. The summed E-state index contributed by atoms with van der Waals surface area (Å²) in [6, 6.07) is 10.6. The maximum absolute atomic E-state index is 12.9. The van der Waals surface area contributed by atoms with Crippen molar-refractivity contribution in [3.63, 3.8) is 0 Å². The molecule has 2 fully saturated rings. The van der Waals surface area contributed by atoms with Gasteiger partial charge in [-0.05, 0) is 69.4 Å². The molecule has 6 heteroatoms. The lowest BCUT2D eigenvalue weighted by molar-refractivity contribution is -0.122. The van der Waals surface area contributed by atoms with E-state index in [-0.39, 0.29) is 29.6 Å². The van der Waals surface area contributed by atoms with Crippen LogP contribution in [0.1, 0.15) is 47.9 Å². The summed E-state index contributed by atoms with van der Waals surface area (Å²) >= 11 is 0. The van der Waals surface area contributed by atoms with Crippen LogP contribution in [0.2, 0.25) is 0 Å². The Morgan fingerprint density at radius 2 is 1.68 bits per heavy atom. The van der Waals surface area contributed by atoms with Crippen LogP contribution in [-0.2, 0) is 9.59 Å². The summed E-state index contributed by atoms with van der Waals surface area (Å²) in [5.74, 6) is -0.518. The lowest BCUT2D eigenvalue weighted by atomic mass is 9.76. The van der Waals surface area contributed by atoms with Gasteiger partial charge in [0.15, 0.2) is 0 Å². The average molecular weight is 379 g/mol. The Morgan fingerprint density at radius 3 is 2.39 bits per heavy atom. The number of anilines is 1. The van der Waals surface area contributed by atoms with Gasteiger partial charge in [0.2, 0.25) is 11.8 Å². The van der Waals surface area contributed by atoms with Crippen LogP contribution in [0, 0.1) is 31.6 Å². The first kappa shape index (κ1) is 18.5. The van der Waals surface area contributed by atoms with Gasteiger partial charge in [-0.15, -0.1) is 0 Å². The third-order valence-corrected chi connectivity index (χ3v) is 6.04. The van der Waals surface area contributed by atoms with Crippen molar-refractivity contribution in [1.82, 2.24) is 4.68 Å². The van der Waals surface area contributed by atoms with Crippen LogP contribution in [0.3, 0.4) is 0 Å². The topological polar surface area (TPSA) is 71.4 Å². The number of benzene rings is 1. The molecule has 1 saturated heterocycles. The second-order valence-corrected chi connectivity index (χ2v) is 8.09. The molecular formula is C22H25N3O3. The molecule has 0 bridgehead atoms. The first-order chi connectivity index (χ1) is 13.4. The van der Waals surface area contributed by atoms with Gasteiger partial charge in [0.25, 0.3) is 5.91 Å². The van der Waals surface area contributed by atoms with E-state index in [1.54, 1.807) is 28.9 Å². The quantitative estimate of drug-likeness (QED) is 0.831. The molecule has 1 aliphatic carbocycles. The molecule has 3 atom stereocenters. The van der Waals surface area contributed by atoms with Gasteiger partial charge in [0, 0.05) is 17.0 Å². The summed E-state index contributed by atoms with van der Waals surface area (Å²) in [6.07, 6.45) is 2.50. The number of aryl methyl sites for hydroxylation is 2. The highest BCUT2D eigenvalue weighted by Crippen LogP contribution is 2.42. The Bertz CT molecular complexity index is 942. The second kappa shape index (κ2) is 6.93. The summed E-state index contributed by atoms with van der Waals surface area (Å²) in [5.41, 5.74) is 5.59. The number of hydrogen-bond donors (Lipinski definition) is 1. The lowest BCUT2D eigenvalue weighted by Gasteiger charge is -2.25. The van der Waals surface area contributed by atoms with Crippen LogP contribution in [0.15, 0.2) is 36.4 Å². The van der Waals surface area contributed by atoms with Crippen LogP contribution >= 0.6 is 0 Å². The normalized spacial score (nSPS) is 24.4. The molecule has 2 aliphatic rings. The fraction of sp³-hybridized carbons (Fsp3) is 0.409. The molecule has 4 rings (SSSR count). The molecule has 1 N–H and O–H groups in total. The number of imide groups is 1. The Kier molecular flexibility index (Phi) is 4.57. The third-order valence-electron chi connectivity index (χ3n) is 6.04. The predicted octanol–water partition coefficient (Wildman–Crippen LogP) is 3.41. The number of carbonyl (C=O) groups excluding carboxylic acids is 3. The standard InChI is InChI=1S/C22H25N3O3/c1-13-7-10-18-19(11-13)22(28)24(21(18)27)17-6-4-5-16(12-17)20(26)23-25-14(2)8-9-15(25)3/h4-6,8-9,12-13,18-19H,7,10-11H2,1-3H3,(H,23,26)/t13-,18+,19+/m0/s1. The first-order valence-electron chi connectivity index (χ1n) is 9.81. The Balaban J connectivity index is 1.59. The van der Waals surface area contributed by atoms with Crippen LogP contribution in [0.25, 0.3) is 0 Å². The molecule has 0 radical (unpaired) electrons. The predicted molar refractivity (Wildman–Crippen MR) is 107 cm³/mol. The van der Waals surface area contributed by atoms with Crippen molar-refractivity contribution in [2.45, 2.75) is 40.0 Å². The molecule has 2 aromatic rings. The molecule has 1 aromatic heterocycles. The molecule has 28 heavy (non-hydrogen) atoms. The highest BCUT2D eigenvalue weighted by molar-refractivity contribution is 6.22. The number of nitrogens with zero attached hydrogens (tertiary/aromatic N) is 2. The summed E-state index contributed by atoms with van der Waals surface area (Å²) in [4.78, 5) is 39.8. The van der Waals surface area contributed by atoms with Crippen LogP contribution in [0.4, 0.5) is 5.69 Å². The lowest BCUT2D eigenvalue weighted by Crippen LogP contribution is -2.31. The Morgan fingerprint density at radius 1 is 1.00 bits per heavy atom. The third kappa shape index (κ3) is 3.03. The molecule has 0 spiro atoms. The monoisotopic (exact) mass is 379 g/mol. The van der Waals surface area contributed by atoms with E-state index < -0.39 is 0 Å². The average Bonchev–Trinajstić information content (AvgIpc) is 3.12. The number of amides is 3. The van der Waals surface area contributed by atoms with Crippen LogP contribution in [-0.4, -0.2) is 22.4 Å². The molecule has 2 heterocycles. The number of aromatic nitrogens is 1. The number of nitrogens with one attached hydrogen (secondary N) is 1. The minimum atomic E-state index is -0.283. The summed E-state index contributed by atoms with van der Waals surface area (Å²) in [5, 5.41) is 0. The van der Waals surface area contributed by atoms with Gasteiger partial charge in [-0.2, -0.15) is 0 Å². The fourth-order valence-electron chi connectivity index (χ4n) is 4.44. The second-order valence-electron chi connectivity index (χ2n) is 8.09. The van der Waals surface area contributed by atoms with E-state index in [1.165, 1.54) is 4.90 Å². The summed E-state index contributed by atoms with van der Waals surface area (Å²) in [7, 11) is 0. The zero-order valence-electron chi connectivity index (χ0n) is 16.4. The van der Waals surface area contributed by atoms with E-state index in [9.17, 15) is 14.4 Å². The van der Waals surface area contributed by atoms with Gasteiger partial charge < -0.3 is 0 Å². The number of fused-ring (bicyclic) bond motifs is 1. The van der Waals surface area contributed by atoms with Crippen molar-refractivity contribution in [2.24, 2.45) is 17.8 Å². The summed E-state index contributed by atoms with van der Waals surface area (Å²) < 4.78 is 1.72. The van der Waals surface area contributed by atoms with Crippen molar-refractivity contribution in [2.75, 3.05) is 10.3 Å². The Labute approximate surface area is 164 Å². The molecule has 1 aromatic carbocycles. The highest BCUT2D eigenvalue weighted by Gasteiger charge is 2.50. The molecule has 146 valence electrons. The molecule has 3 amide bonds. The van der Waals surface area contributed by atoms with E-state index >= 15 is 0 Å². The van der Waals surface area contributed by atoms with E-state index in [4.69, 9.17) is 0 Å². The Hall–Kier alpha value is -2.89. The number of rotatable bonds is 3. The van der Waals surface area contributed by atoms with Crippen molar-refractivity contribution in [3.05, 3.63) is 53.3 Å². The van der Waals surface area contributed by atoms with Gasteiger partial charge in [-0.1, -0.05) is 13.0 Å². The van der Waals surface area contributed by atoms with Gasteiger partial charge in [-0.3, -0.25) is 29.4 Å². The number of carbonyl (C=O) groups is 3. The van der Waals surface area contributed by atoms with E-state index in [0.717, 1.165) is 30.7 Å². The molecule has 1 saturated carbocycles. The van der Waals surface area contributed by atoms with Crippen LogP contribution < -0.4 is 10.3 Å². The van der Waals surface area contributed by atoms with Gasteiger partial charge in [0.1, 0.15) is 0 Å². The van der Waals surface area contributed by atoms with Gasteiger partial charge in [-0.25, -0.2) is 0 Å². The van der Waals surface area contributed by atoms with E-state index in [0.29, 0.717) is 17.2 Å². The first-order valence-corrected chi connectivity index (χ1v) is 9.81.